The number of hydrogen-bond donors (Lipinski definition) is 0. The van der Waals surface area contributed by atoms with E-state index in [1.54, 1.807) is 0 Å². The van der Waals surface area contributed by atoms with Crippen molar-refractivity contribution in [2.45, 2.75) is 102 Å². The van der Waals surface area contributed by atoms with Crippen molar-refractivity contribution in [1.29, 1.82) is 0 Å². The quantitative estimate of drug-likeness (QED) is 0.401. The Balaban J connectivity index is 1.24. The van der Waals surface area contributed by atoms with Crippen LogP contribution in [0.4, 0.5) is 17.6 Å². The van der Waals surface area contributed by atoms with Gasteiger partial charge in [-0.25, -0.2) is 4.39 Å². The molecule has 32 heavy (non-hydrogen) atoms. The second-order valence-corrected chi connectivity index (χ2v) is 10.9. The summed E-state index contributed by atoms with van der Waals surface area (Å²) in [5.74, 6) is 1.97. The maximum absolute atomic E-state index is 13.9. The molecule has 0 saturated heterocycles. The Morgan fingerprint density at radius 1 is 0.688 bits per heavy atom. The topological polar surface area (TPSA) is 0 Å². The smallest absolute Gasteiger partial charge is 0.212 e. The van der Waals surface area contributed by atoms with Crippen LogP contribution in [0.1, 0.15) is 107 Å². The highest BCUT2D eigenvalue weighted by molar-refractivity contribution is 5.28. The van der Waals surface area contributed by atoms with Gasteiger partial charge >= 0.3 is 6.18 Å². The summed E-state index contributed by atoms with van der Waals surface area (Å²) >= 11 is 0. The first-order valence-corrected chi connectivity index (χ1v) is 12.8. The van der Waals surface area contributed by atoms with E-state index in [-0.39, 0.29) is 6.08 Å². The number of hydrogen-bond acceptors (Lipinski definition) is 0. The summed E-state index contributed by atoms with van der Waals surface area (Å²) in [7, 11) is 0. The van der Waals surface area contributed by atoms with Crippen molar-refractivity contribution in [3.8, 4) is 0 Å². The van der Waals surface area contributed by atoms with E-state index in [1.807, 2.05) is 0 Å². The molecule has 0 atom stereocenters. The van der Waals surface area contributed by atoms with Crippen LogP contribution in [0.15, 0.2) is 36.2 Å². The van der Waals surface area contributed by atoms with Gasteiger partial charge in [0, 0.05) is 5.92 Å². The molecule has 1 aromatic rings. The van der Waals surface area contributed by atoms with Crippen molar-refractivity contribution in [2.24, 2.45) is 23.7 Å². The lowest BCUT2D eigenvalue weighted by Crippen LogP contribution is -2.26. The zero-order valence-corrected chi connectivity index (χ0v) is 19.3. The first kappa shape index (κ1) is 23.8. The van der Waals surface area contributed by atoms with Crippen LogP contribution >= 0.6 is 0 Å². The summed E-state index contributed by atoms with van der Waals surface area (Å²) in [5.41, 5.74) is 2.98. The summed E-state index contributed by atoms with van der Waals surface area (Å²) in [5, 5.41) is 0. The Kier molecular flexibility index (Phi) is 7.67. The normalized spacial score (nSPS) is 35.0. The van der Waals surface area contributed by atoms with Gasteiger partial charge in [-0.05, 0) is 105 Å². The molecule has 0 amide bonds. The minimum absolute atomic E-state index is 0.136. The van der Waals surface area contributed by atoms with Crippen LogP contribution in [0.3, 0.4) is 0 Å². The van der Waals surface area contributed by atoms with Crippen molar-refractivity contribution >= 4 is 0 Å². The maximum Gasteiger partial charge on any atom is 0.412 e. The molecule has 0 aliphatic heterocycles. The number of allylic oxidation sites excluding steroid dienone is 2. The summed E-state index contributed by atoms with van der Waals surface area (Å²) in [6.45, 7) is 2.37. The first-order chi connectivity index (χ1) is 15.3. The lowest BCUT2D eigenvalue weighted by molar-refractivity contribution is -0.0821. The number of benzene rings is 1. The van der Waals surface area contributed by atoms with Gasteiger partial charge in [0.25, 0.3) is 0 Å². The highest BCUT2D eigenvalue weighted by Crippen LogP contribution is 2.45. The Morgan fingerprint density at radius 2 is 1.09 bits per heavy atom. The van der Waals surface area contributed by atoms with Gasteiger partial charge in [-0.2, -0.15) is 13.2 Å². The minimum atomic E-state index is -4.55. The van der Waals surface area contributed by atoms with Crippen LogP contribution in [0.5, 0.6) is 0 Å². The largest absolute Gasteiger partial charge is 0.412 e. The predicted molar refractivity (Wildman–Crippen MR) is 122 cm³/mol. The molecule has 0 nitrogen and oxygen atoms in total. The van der Waals surface area contributed by atoms with E-state index in [9.17, 15) is 17.6 Å². The standard InChI is InChI=1S/C28H38F4/c1-19-2-4-20(5-3-19)21-6-8-22(9-7-21)23-10-12-24(13-11-23)25-14-16-26(17-15-25)27(29)18-28(30,31)32/h6-9,18-20,23-26H,2-5,10-17H2,1H3/b27-18-. The lowest BCUT2D eigenvalue weighted by Gasteiger charge is -2.38. The molecule has 0 spiro atoms. The molecule has 0 N–H and O–H groups in total. The van der Waals surface area contributed by atoms with Gasteiger partial charge in [-0.1, -0.05) is 44.0 Å². The average Bonchev–Trinajstić information content (AvgIpc) is 2.79. The fourth-order valence-electron chi connectivity index (χ4n) is 6.70. The van der Waals surface area contributed by atoms with E-state index in [4.69, 9.17) is 0 Å². The highest BCUT2D eigenvalue weighted by Gasteiger charge is 2.34. The molecule has 0 unspecified atom stereocenters. The molecule has 1 aromatic carbocycles. The third-order valence-corrected chi connectivity index (χ3v) is 8.80. The Morgan fingerprint density at radius 3 is 1.53 bits per heavy atom. The number of rotatable bonds is 4. The zero-order valence-electron chi connectivity index (χ0n) is 19.3. The van der Waals surface area contributed by atoms with Crippen LogP contribution in [-0.4, -0.2) is 6.18 Å². The Labute approximate surface area is 190 Å². The Bertz CT molecular complexity index is 739. The van der Waals surface area contributed by atoms with Crippen molar-refractivity contribution < 1.29 is 17.6 Å². The summed E-state index contributed by atoms with van der Waals surface area (Å²) < 4.78 is 51.2. The highest BCUT2D eigenvalue weighted by atomic mass is 19.4. The summed E-state index contributed by atoms with van der Waals surface area (Å²) in [6, 6.07) is 9.46. The van der Waals surface area contributed by atoms with Gasteiger partial charge < -0.3 is 0 Å². The molecule has 3 aliphatic rings. The van der Waals surface area contributed by atoms with Gasteiger partial charge in [0.1, 0.15) is 5.83 Å². The Hall–Kier alpha value is -1.32. The second kappa shape index (κ2) is 10.3. The molecule has 0 aromatic heterocycles. The third kappa shape index (κ3) is 6.17. The third-order valence-electron chi connectivity index (χ3n) is 8.80. The van der Waals surface area contributed by atoms with E-state index in [0.29, 0.717) is 30.6 Å². The summed E-state index contributed by atoms with van der Waals surface area (Å²) in [6.07, 6.45) is 8.32. The molecule has 0 radical (unpaired) electrons. The lowest BCUT2D eigenvalue weighted by atomic mass is 9.68. The molecule has 3 saturated carbocycles. The van der Waals surface area contributed by atoms with E-state index < -0.39 is 17.9 Å². The molecule has 0 heterocycles. The summed E-state index contributed by atoms with van der Waals surface area (Å²) in [4.78, 5) is 0. The molecule has 3 aliphatic carbocycles. The van der Waals surface area contributed by atoms with E-state index in [0.717, 1.165) is 24.7 Å². The molecule has 0 bridgehead atoms. The van der Waals surface area contributed by atoms with Crippen LogP contribution in [0.2, 0.25) is 0 Å². The minimum Gasteiger partial charge on any atom is -0.212 e. The van der Waals surface area contributed by atoms with Crippen molar-refractivity contribution in [2.75, 3.05) is 0 Å². The van der Waals surface area contributed by atoms with Gasteiger partial charge in [0.05, 0.1) is 6.08 Å². The van der Waals surface area contributed by atoms with Gasteiger partial charge in [-0.15, -0.1) is 0 Å². The molecule has 4 heteroatoms. The second-order valence-electron chi connectivity index (χ2n) is 10.9. The van der Waals surface area contributed by atoms with Gasteiger partial charge in [-0.3, -0.25) is 0 Å². The van der Waals surface area contributed by atoms with E-state index >= 15 is 0 Å². The van der Waals surface area contributed by atoms with Gasteiger partial charge in [0.15, 0.2) is 0 Å². The molecule has 4 rings (SSSR count). The van der Waals surface area contributed by atoms with Crippen LogP contribution in [0, 0.1) is 23.7 Å². The zero-order chi connectivity index (χ0) is 22.7. The predicted octanol–water partition coefficient (Wildman–Crippen LogP) is 9.48. The molecular formula is C28H38F4. The van der Waals surface area contributed by atoms with Crippen LogP contribution in [0.25, 0.3) is 0 Å². The monoisotopic (exact) mass is 450 g/mol. The maximum atomic E-state index is 13.9. The number of alkyl halides is 3. The van der Waals surface area contributed by atoms with Crippen LogP contribution < -0.4 is 0 Å². The average molecular weight is 451 g/mol. The number of halogens is 4. The SMILES string of the molecule is CC1CCC(c2ccc(C3CCC(C4CCC(/C(F)=C/C(F)(F)F)CC4)CC3)cc2)CC1. The first-order valence-electron chi connectivity index (χ1n) is 12.8. The fourth-order valence-corrected chi connectivity index (χ4v) is 6.70. The van der Waals surface area contributed by atoms with E-state index in [1.165, 1.54) is 62.5 Å². The molecular weight excluding hydrogens is 412 g/mol. The van der Waals surface area contributed by atoms with Crippen molar-refractivity contribution in [3.05, 3.63) is 47.3 Å². The van der Waals surface area contributed by atoms with Crippen LogP contribution in [-0.2, 0) is 0 Å². The fraction of sp³-hybridized carbons (Fsp3) is 0.714. The molecule has 178 valence electrons. The van der Waals surface area contributed by atoms with Crippen molar-refractivity contribution in [1.82, 2.24) is 0 Å². The molecule has 3 fully saturated rings. The van der Waals surface area contributed by atoms with E-state index in [2.05, 4.69) is 31.2 Å². The van der Waals surface area contributed by atoms with Gasteiger partial charge in [0.2, 0.25) is 0 Å². The van der Waals surface area contributed by atoms with Crippen molar-refractivity contribution in [3.63, 3.8) is 0 Å².